The van der Waals surface area contributed by atoms with Crippen molar-refractivity contribution in [2.24, 2.45) is 0 Å². The van der Waals surface area contributed by atoms with Crippen molar-refractivity contribution in [3.05, 3.63) is 95.1 Å². The highest BCUT2D eigenvalue weighted by atomic mass is 16.7. The Kier molecular flexibility index (Phi) is 12.5. The Morgan fingerprint density at radius 3 is 2.33 bits per heavy atom. The van der Waals surface area contributed by atoms with Gasteiger partial charge in [-0.2, -0.15) is 0 Å². The van der Waals surface area contributed by atoms with E-state index in [4.69, 9.17) is 14.6 Å². The third-order valence-electron chi connectivity index (χ3n) is 10.2. The minimum atomic E-state index is -0.834. The van der Waals surface area contributed by atoms with Gasteiger partial charge in [0.25, 0.3) is 0 Å². The van der Waals surface area contributed by atoms with Gasteiger partial charge >= 0.3 is 5.97 Å². The van der Waals surface area contributed by atoms with E-state index in [1.165, 1.54) is 38.8 Å². The smallest absolute Gasteiger partial charge is 0.303 e. The van der Waals surface area contributed by atoms with E-state index in [0.29, 0.717) is 31.8 Å². The number of benzene rings is 3. The Hall–Kier alpha value is -3.60. The summed E-state index contributed by atoms with van der Waals surface area (Å²) >= 11 is 0. The maximum Gasteiger partial charge on any atom is 0.303 e. The van der Waals surface area contributed by atoms with Crippen molar-refractivity contribution in [3.63, 3.8) is 0 Å². The van der Waals surface area contributed by atoms with E-state index in [1.807, 2.05) is 30.3 Å². The molecule has 49 heavy (non-hydrogen) atoms. The summed E-state index contributed by atoms with van der Waals surface area (Å²) in [7, 11) is 0. The zero-order chi connectivity index (χ0) is 34.0. The molecule has 0 saturated carbocycles. The quantitative estimate of drug-likeness (QED) is 0.164. The largest absolute Gasteiger partial charge is 0.481 e. The first-order valence-electron chi connectivity index (χ1n) is 18.1. The maximum atomic E-state index is 12.3. The van der Waals surface area contributed by atoms with Gasteiger partial charge in [0.05, 0.1) is 18.8 Å². The number of aliphatic hydroxyl groups is 1. The van der Waals surface area contributed by atoms with Gasteiger partial charge in [-0.1, -0.05) is 60.7 Å². The Balaban J connectivity index is 1.14. The van der Waals surface area contributed by atoms with Crippen LogP contribution in [0.2, 0.25) is 0 Å². The molecular formula is C40H51N3O6. The van der Waals surface area contributed by atoms with Crippen molar-refractivity contribution in [1.29, 1.82) is 0 Å². The number of carbonyl (C=O) groups is 2. The van der Waals surface area contributed by atoms with E-state index in [9.17, 15) is 14.7 Å². The number of carboxylic acids is 1. The number of aliphatic carboxylic acids is 1. The lowest BCUT2D eigenvalue weighted by Gasteiger charge is -2.39. The number of unbranched alkanes of at least 4 members (excludes halogenated alkanes) is 1. The number of nitrogens with zero attached hydrogens (tertiary/aromatic N) is 2. The van der Waals surface area contributed by atoms with E-state index >= 15 is 0 Å². The van der Waals surface area contributed by atoms with Crippen LogP contribution in [-0.2, 0) is 32.2 Å². The van der Waals surface area contributed by atoms with Crippen molar-refractivity contribution in [2.75, 3.05) is 32.7 Å². The Bertz CT molecular complexity index is 1520. The average molecular weight is 670 g/mol. The van der Waals surface area contributed by atoms with Gasteiger partial charge in [-0.3, -0.25) is 14.5 Å². The van der Waals surface area contributed by atoms with Gasteiger partial charge < -0.3 is 29.9 Å². The number of amides is 1. The SMILES string of the molecule is O=C(O)CCCCC(=O)NCc1cccc(-c2cccc([C@@H]3O[C@H](CN4CCC[C@H]4CN4CCCC4)C[C@H](c4ccc(CO)cc4)O3)c2)c1. The van der Waals surface area contributed by atoms with Crippen molar-refractivity contribution in [2.45, 2.75) is 95.5 Å². The zero-order valence-electron chi connectivity index (χ0n) is 28.5. The van der Waals surface area contributed by atoms with E-state index in [0.717, 1.165) is 59.4 Å². The molecule has 3 N–H and O–H groups in total. The van der Waals surface area contributed by atoms with Crippen LogP contribution in [0.4, 0.5) is 0 Å². The summed E-state index contributed by atoms with van der Waals surface area (Å²) < 4.78 is 13.5. The van der Waals surface area contributed by atoms with Gasteiger partial charge in [0.1, 0.15) is 0 Å². The number of rotatable bonds is 15. The van der Waals surface area contributed by atoms with Crippen molar-refractivity contribution < 1.29 is 29.3 Å². The van der Waals surface area contributed by atoms with Crippen LogP contribution in [0, 0.1) is 0 Å². The first-order chi connectivity index (χ1) is 23.9. The highest BCUT2D eigenvalue weighted by Crippen LogP contribution is 2.39. The molecule has 3 aliphatic heterocycles. The molecule has 0 aliphatic carbocycles. The molecule has 0 aromatic heterocycles. The first kappa shape index (κ1) is 35.2. The van der Waals surface area contributed by atoms with Gasteiger partial charge in [0.15, 0.2) is 6.29 Å². The fraction of sp³-hybridized carbons (Fsp3) is 0.500. The van der Waals surface area contributed by atoms with Crippen molar-refractivity contribution >= 4 is 11.9 Å². The summed E-state index contributed by atoms with van der Waals surface area (Å²) in [6.07, 6.45) is 6.69. The summed E-state index contributed by atoms with van der Waals surface area (Å²) in [6.45, 7) is 6.01. The second-order valence-electron chi connectivity index (χ2n) is 13.9. The van der Waals surface area contributed by atoms with Crippen LogP contribution in [0.25, 0.3) is 11.1 Å². The van der Waals surface area contributed by atoms with Crippen LogP contribution in [0.1, 0.15) is 92.4 Å². The number of carbonyl (C=O) groups excluding carboxylic acids is 1. The summed E-state index contributed by atoms with van der Waals surface area (Å²) in [4.78, 5) is 28.3. The molecule has 3 heterocycles. The van der Waals surface area contributed by atoms with Gasteiger partial charge in [-0.05, 0) is 98.1 Å². The van der Waals surface area contributed by atoms with Gasteiger partial charge in [0, 0.05) is 50.5 Å². The molecule has 3 aromatic carbocycles. The average Bonchev–Trinajstić information content (AvgIpc) is 3.81. The molecular weight excluding hydrogens is 618 g/mol. The van der Waals surface area contributed by atoms with Crippen molar-refractivity contribution in [3.8, 4) is 11.1 Å². The Morgan fingerprint density at radius 2 is 1.55 bits per heavy atom. The lowest BCUT2D eigenvalue weighted by atomic mass is 9.98. The lowest BCUT2D eigenvalue weighted by molar-refractivity contribution is -0.253. The third-order valence-corrected chi connectivity index (χ3v) is 10.2. The minimum Gasteiger partial charge on any atom is -0.481 e. The minimum absolute atomic E-state index is 0.0140. The summed E-state index contributed by atoms with van der Waals surface area (Å²) in [6, 6.07) is 25.2. The number of aliphatic hydroxyl groups excluding tert-OH is 1. The lowest BCUT2D eigenvalue weighted by Crippen LogP contribution is -2.45. The van der Waals surface area contributed by atoms with Crippen LogP contribution in [0.15, 0.2) is 72.8 Å². The summed E-state index contributed by atoms with van der Waals surface area (Å²) in [5.41, 5.74) is 6.03. The molecule has 3 saturated heterocycles. The topological polar surface area (TPSA) is 112 Å². The molecule has 3 aliphatic rings. The standard InChI is InChI=1S/C40H51N3O6/c44-28-29-15-17-31(18-16-29)37-24-36(27-43-21-7-12-35(43)26-42-19-3-4-20-42)48-40(49-37)34-11-6-10-33(23-34)32-9-5-8-30(22-32)25-41-38(45)13-1-2-14-39(46)47/h5-6,8-11,15-18,22-23,35-37,40,44H,1-4,7,12-14,19-21,24-28H2,(H,41,45)(H,46,47)/t35-,36-,37+,40+/m0/s1. The molecule has 9 heteroatoms. The zero-order valence-corrected chi connectivity index (χ0v) is 28.5. The van der Waals surface area contributed by atoms with Crippen LogP contribution in [0.5, 0.6) is 0 Å². The van der Waals surface area contributed by atoms with Crippen molar-refractivity contribution in [1.82, 2.24) is 15.1 Å². The van der Waals surface area contributed by atoms with Crippen LogP contribution >= 0.6 is 0 Å². The molecule has 3 fully saturated rings. The highest BCUT2D eigenvalue weighted by molar-refractivity contribution is 5.76. The second-order valence-corrected chi connectivity index (χ2v) is 13.9. The normalized spacial score (nSPS) is 23.1. The third kappa shape index (κ3) is 9.99. The maximum absolute atomic E-state index is 12.3. The molecule has 6 rings (SSSR count). The van der Waals surface area contributed by atoms with E-state index in [2.05, 4.69) is 57.6 Å². The predicted molar refractivity (Wildman–Crippen MR) is 189 cm³/mol. The summed E-state index contributed by atoms with van der Waals surface area (Å²) in [5.74, 6) is -0.907. The number of hydrogen-bond donors (Lipinski definition) is 3. The number of carboxylic acid groups (broad SMARTS) is 1. The van der Waals surface area contributed by atoms with Crippen LogP contribution in [0.3, 0.4) is 0 Å². The molecule has 0 unspecified atom stereocenters. The van der Waals surface area contributed by atoms with E-state index < -0.39 is 12.3 Å². The number of likely N-dealkylation sites (tertiary alicyclic amines) is 2. The molecule has 0 bridgehead atoms. The van der Waals surface area contributed by atoms with Crippen LogP contribution < -0.4 is 5.32 Å². The monoisotopic (exact) mass is 669 g/mol. The Labute approximate surface area is 290 Å². The molecule has 0 radical (unpaired) electrons. The molecule has 262 valence electrons. The van der Waals surface area contributed by atoms with E-state index in [1.54, 1.807) is 0 Å². The molecule has 4 atom stereocenters. The predicted octanol–water partition coefficient (Wildman–Crippen LogP) is 6.21. The van der Waals surface area contributed by atoms with Gasteiger partial charge in [-0.25, -0.2) is 0 Å². The first-order valence-corrected chi connectivity index (χ1v) is 18.1. The highest BCUT2D eigenvalue weighted by Gasteiger charge is 2.36. The molecule has 1 amide bonds. The summed E-state index contributed by atoms with van der Waals surface area (Å²) in [5, 5.41) is 21.4. The molecule has 9 nitrogen and oxygen atoms in total. The van der Waals surface area contributed by atoms with Gasteiger partial charge in [0.2, 0.25) is 5.91 Å². The van der Waals surface area contributed by atoms with Crippen LogP contribution in [-0.4, -0.2) is 76.8 Å². The molecule has 0 spiro atoms. The second kappa shape index (κ2) is 17.4. The fourth-order valence-electron chi connectivity index (χ4n) is 7.48. The number of ether oxygens (including phenoxy) is 2. The van der Waals surface area contributed by atoms with Gasteiger partial charge in [-0.15, -0.1) is 0 Å². The Morgan fingerprint density at radius 1 is 0.796 bits per heavy atom. The fourth-order valence-corrected chi connectivity index (χ4v) is 7.48. The van der Waals surface area contributed by atoms with E-state index in [-0.39, 0.29) is 31.1 Å². The number of nitrogens with one attached hydrogen (secondary N) is 1. The number of hydrogen-bond acceptors (Lipinski definition) is 7. The molecule has 3 aromatic rings.